The summed E-state index contributed by atoms with van der Waals surface area (Å²) in [5.41, 5.74) is 2.74. The van der Waals surface area contributed by atoms with Gasteiger partial charge in [0, 0.05) is 36.8 Å². The number of nitrogen functional groups attached to an aromatic ring is 1. The van der Waals surface area contributed by atoms with Gasteiger partial charge in [-0.25, -0.2) is 19.2 Å². The normalized spacial score (nSPS) is 16.8. The first-order valence-corrected chi connectivity index (χ1v) is 8.83. The third-order valence-electron chi connectivity index (χ3n) is 3.22. The molecule has 0 atom stereocenters. The summed E-state index contributed by atoms with van der Waals surface area (Å²) in [6, 6.07) is 1.63. The van der Waals surface area contributed by atoms with Crippen molar-refractivity contribution >= 4 is 37.7 Å². The van der Waals surface area contributed by atoms with E-state index in [0.717, 1.165) is 0 Å². The maximum Gasteiger partial charge on any atom is 0.257 e. The Hall–Kier alpha value is -1.23. The summed E-state index contributed by atoms with van der Waals surface area (Å²) in [4.78, 5) is 18.1. The highest BCUT2D eigenvalue weighted by molar-refractivity contribution is 9.10. The highest BCUT2D eigenvalue weighted by Crippen LogP contribution is 2.20. The summed E-state index contributed by atoms with van der Waals surface area (Å²) in [5, 5.41) is 0. The van der Waals surface area contributed by atoms with E-state index in [1.54, 1.807) is 11.0 Å². The molecule has 0 spiro atoms. The lowest BCUT2D eigenvalue weighted by molar-refractivity contribution is 0.0699. The number of piperazine rings is 1. The third-order valence-corrected chi connectivity index (χ3v) is 4.95. The number of rotatable bonds is 3. The minimum atomic E-state index is -3.22. The zero-order valence-electron chi connectivity index (χ0n) is 11.4. The summed E-state index contributed by atoms with van der Waals surface area (Å²) in [7, 11) is -3.22. The topological polar surface area (TPSA) is 109 Å². The van der Waals surface area contributed by atoms with Gasteiger partial charge in [0.05, 0.1) is 11.8 Å². The van der Waals surface area contributed by atoms with E-state index in [4.69, 9.17) is 5.84 Å². The van der Waals surface area contributed by atoms with Gasteiger partial charge in [0.1, 0.15) is 0 Å². The summed E-state index contributed by atoms with van der Waals surface area (Å²) in [6.07, 6.45) is 2.70. The first-order valence-electron chi connectivity index (χ1n) is 6.19. The second-order valence-electron chi connectivity index (χ2n) is 4.65. The molecule has 0 unspecified atom stereocenters. The molecule has 1 aromatic heterocycles. The Morgan fingerprint density at radius 3 is 2.52 bits per heavy atom. The fraction of sp³-hybridized carbons (Fsp3) is 0.455. The maximum atomic E-state index is 12.5. The molecule has 2 heterocycles. The molecule has 0 radical (unpaired) electrons. The Kier molecular flexibility index (Phi) is 4.81. The molecular formula is C11H16BrN5O3S. The van der Waals surface area contributed by atoms with E-state index in [0.29, 0.717) is 23.1 Å². The van der Waals surface area contributed by atoms with E-state index in [1.807, 2.05) is 0 Å². The minimum absolute atomic E-state index is 0.232. The van der Waals surface area contributed by atoms with E-state index in [-0.39, 0.29) is 24.8 Å². The number of hydrogen-bond donors (Lipinski definition) is 2. The van der Waals surface area contributed by atoms with Gasteiger partial charge >= 0.3 is 0 Å². The van der Waals surface area contributed by atoms with Crippen LogP contribution in [0.3, 0.4) is 0 Å². The molecule has 0 aliphatic carbocycles. The van der Waals surface area contributed by atoms with E-state index in [1.165, 1.54) is 16.8 Å². The van der Waals surface area contributed by atoms with Crippen LogP contribution in [0.2, 0.25) is 0 Å². The molecule has 8 nitrogen and oxygen atoms in total. The van der Waals surface area contributed by atoms with Crippen LogP contribution in [0.25, 0.3) is 0 Å². The van der Waals surface area contributed by atoms with Gasteiger partial charge in [0.25, 0.3) is 5.91 Å². The Morgan fingerprint density at radius 2 is 2.00 bits per heavy atom. The number of aromatic nitrogens is 1. The number of hydrazine groups is 1. The maximum absolute atomic E-state index is 12.5. The van der Waals surface area contributed by atoms with Crippen molar-refractivity contribution in [1.29, 1.82) is 0 Å². The molecule has 10 heteroatoms. The predicted molar refractivity (Wildman–Crippen MR) is 82.1 cm³/mol. The fourth-order valence-electron chi connectivity index (χ4n) is 2.11. The molecular weight excluding hydrogens is 362 g/mol. The summed E-state index contributed by atoms with van der Waals surface area (Å²) in [6.45, 7) is 1.25. The largest absolute Gasteiger partial charge is 0.336 e. The Bertz CT molecular complexity index is 643. The molecule has 2 rings (SSSR count). The molecule has 1 saturated heterocycles. The zero-order chi connectivity index (χ0) is 15.6. The van der Waals surface area contributed by atoms with Crippen molar-refractivity contribution in [2.75, 3.05) is 37.9 Å². The molecule has 0 bridgehead atoms. The van der Waals surface area contributed by atoms with Crippen LogP contribution in [0, 0.1) is 0 Å². The summed E-state index contributed by atoms with van der Waals surface area (Å²) < 4.78 is 24.9. The smallest absolute Gasteiger partial charge is 0.257 e. The van der Waals surface area contributed by atoms with Crippen LogP contribution in [0.5, 0.6) is 0 Å². The van der Waals surface area contributed by atoms with Crippen LogP contribution < -0.4 is 11.3 Å². The highest BCUT2D eigenvalue weighted by Gasteiger charge is 2.27. The molecule has 0 saturated carbocycles. The summed E-state index contributed by atoms with van der Waals surface area (Å²) in [5.74, 6) is 5.42. The number of hydrogen-bond acceptors (Lipinski definition) is 6. The van der Waals surface area contributed by atoms with E-state index in [2.05, 4.69) is 26.3 Å². The van der Waals surface area contributed by atoms with Crippen molar-refractivity contribution in [3.8, 4) is 0 Å². The molecule has 1 aromatic rings. The van der Waals surface area contributed by atoms with Gasteiger partial charge in [0.2, 0.25) is 10.0 Å². The summed E-state index contributed by atoms with van der Waals surface area (Å²) >= 11 is 3.26. The van der Waals surface area contributed by atoms with Crippen molar-refractivity contribution in [3.63, 3.8) is 0 Å². The van der Waals surface area contributed by atoms with Gasteiger partial charge in [-0.15, -0.1) is 0 Å². The third kappa shape index (κ3) is 3.70. The van der Waals surface area contributed by atoms with Crippen molar-refractivity contribution in [2.24, 2.45) is 5.84 Å². The fourth-order valence-corrected chi connectivity index (χ4v) is 3.27. The van der Waals surface area contributed by atoms with E-state index < -0.39 is 10.0 Å². The van der Waals surface area contributed by atoms with Gasteiger partial charge in [0.15, 0.2) is 5.82 Å². The number of nitrogens with two attached hydrogens (primary N) is 1. The number of amides is 1. The van der Waals surface area contributed by atoms with Crippen LogP contribution in [-0.2, 0) is 10.0 Å². The molecule has 21 heavy (non-hydrogen) atoms. The number of carbonyl (C=O) groups excluding carboxylic acids is 1. The van der Waals surface area contributed by atoms with Gasteiger partial charge in [-0.05, 0) is 22.0 Å². The van der Waals surface area contributed by atoms with Gasteiger partial charge in [-0.2, -0.15) is 4.31 Å². The van der Waals surface area contributed by atoms with E-state index in [9.17, 15) is 13.2 Å². The number of anilines is 1. The van der Waals surface area contributed by atoms with Crippen LogP contribution >= 0.6 is 15.9 Å². The predicted octanol–water partition coefficient (Wildman–Crippen LogP) is -0.153. The number of nitrogens with zero attached hydrogens (tertiary/aromatic N) is 3. The second-order valence-corrected chi connectivity index (χ2v) is 7.55. The monoisotopic (exact) mass is 377 g/mol. The second kappa shape index (κ2) is 6.26. The zero-order valence-corrected chi connectivity index (χ0v) is 13.8. The Balaban J connectivity index is 2.14. The number of halogens is 1. The average molecular weight is 378 g/mol. The highest BCUT2D eigenvalue weighted by atomic mass is 79.9. The minimum Gasteiger partial charge on any atom is -0.336 e. The van der Waals surface area contributed by atoms with E-state index >= 15 is 0 Å². The van der Waals surface area contributed by atoms with Gasteiger partial charge in [-0.3, -0.25) is 4.79 Å². The quantitative estimate of drug-likeness (QED) is 0.559. The molecule has 0 aromatic carbocycles. The van der Waals surface area contributed by atoms with Crippen molar-refractivity contribution < 1.29 is 13.2 Å². The Morgan fingerprint density at radius 1 is 1.38 bits per heavy atom. The number of sulfonamides is 1. The number of nitrogens with one attached hydrogen (secondary N) is 1. The van der Waals surface area contributed by atoms with Gasteiger partial charge < -0.3 is 10.3 Å². The van der Waals surface area contributed by atoms with Gasteiger partial charge in [-0.1, -0.05) is 0 Å². The van der Waals surface area contributed by atoms with Crippen LogP contribution in [0.15, 0.2) is 16.7 Å². The molecule has 1 fully saturated rings. The first-order chi connectivity index (χ1) is 9.82. The number of carbonyl (C=O) groups is 1. The van der Waals surface area contributed by atoms with Crippen LogP contribution in [0.4, 0.5) is 5.82 Å². The number of pyridine rings is 1. The first kappa shape index (κ1) is 16.1. The molecule has 3 N–H and O–H groups in total. The molecule has 1 aliphatic rings. The van der Waals surface area contributed by atoms with Crippen molar-refractivity contribution in [2.45, 2.75) is 0 Å². The average Bonchev–Trinajstić information content (AvgIpc) is 2.45. The lowest BCUT2D eigenvalue weighted by atomic mass is 10.2. The molecule has 116 valence electrons. The molecule has 1 aliphatic heterocycles. The SMILES string of the molecule is CS(=O)(=O)N1CCN(C(=O)c2cc(Br)cnc2NN)CC1. The van der Waals surface area contributed by atoms with Crippen molar-refractivity contribution in [3.05, 3.63) is 22.3 Å². The standard InChI is InChI=1S/C11H16BrN5O3S/c1-21(19,20)17-4-2-16(3-5-17)11(18)9-6-8(12)7-14-10(9)15-13/h6-7H,2-5,13H2,1H3,(H,14,15). The Labute approximate surface area is 131 Å². The molecule has 1 amide bonds. The van der Waals surface area contributed by atoms with Crippen molar-refractivity contribution in [1.82, 2.24) is 14.2 Å². The lowest BCUT2D eigenvalue weighted by Gasteiger charge is -2.33. The van der Waals surface area contributed by atoms with Crippen LogP contribution in [-0.4, -0.2) is 60.9 Å². The van der Waals surface area contributed by atoms with Crippen LogP contribution in [0.1, 0.15) is 10.4 Å². The lowest BCUT2D eigenvalue weighted by Crippen LogP contribution is -2.50.